The predicted octanol–water partition coefficient (Wildman–Crippen LogP) is 3.28. The van der Waals surface area contributed by atoms with Crippen LogP contribution in [0.3, 0.4) is 0 Å². The van der Waals surface area contributed by atoms with E-state index in [1.165, 1.54) is 5.56 Å². The lowest BCUT2D eigenvalue weighted by molar-refractivity contribution is 0.0935. The molecule has 0 radical (unpaired) electrons. The van der Waals surface area contributed by atoms with Crippen LogP contribution in [0.2, 0.25) is 0 Å². The van der Waals surface area contributed by atoms with Crippen molar-refractivity contribution in [1.82, 2.24) is 19.4 Å². The molecule has 7 heteroatoms. The predicted molar refractivity (Wildman–Crippen MR) is 123 cm³/mol. The van der Waals surface area contributed by atoms with Crippen molar-refractivity contribution in [1.29, 1.82) is 0 Å². The number of hydrogen-bond acceptors (Lipinski definition) is 3. The average Bonchev–Trinajstić information content (AvgIpc) is 2.98. The average molecular weight is 471 g/mol. The molecule has 4 rings (SSSR count). The zero-order chi connectivity index (χ0) is 21.3. The Morgan fingerprint density at radius 1 is 1.03 bits per heavy atom. The number of nitrogens with zero attached hydrogens (tertiary/aromatic N) is 3. The highest BCUT2D eigenvalue weighted by atomic mass is 79.9. The number of rotatable bonds is 5. The molecular weight excluding hydrogens is 444 g/mol. The third kappa shape index (κ3) is 4.37. The van der Waals surface area contributed by atoms with Crippen molar-refractivity contribution in [3.8, 4) is 0 Å². The number of aromatic nitrogens is 2. The number of likely N-dealkylation sites (tertiary alicyclic amines) is 1. The molecule has 30 heavy (non-hydrogen) atoms. The van der Waals surface area contributed by atoms with E-state index in [4.69, 9.17) is 0 Å². The van der Waals surface area contributed by atoms with Crippen LogP contribution in [-0.4, -0.2) is 39.6 Å². The highest BCUT2D eigenvalue weighted by Crippen LogP contribution is 2.20. The quantitative estimate of drug-likeness (QED) is 0.622. The number of imidazole rings is 1. The van der Waals surface area contributed by atoms with Gasteiger partial charge in [-0.05, 0) is 67.7 Å². The van der Waals surface area contributed by atoms with Crippen LogP contribution >= 0.6 is 15.9 Å². The molecule has 3 aromatic rings. The third-order valence-corrected chi connectivity index (χ3v) is 6.64. The van der Waals surface area contributed by atoms with Gasteiger partial charge in [-0.2, -0.15) is 0 Å². The first-order chi connectivity index (χ1) is 14.4. The van der Waals surface area contributed by atoms with Crippen molar-refractivity contribution in [3.63, 3.8) is 0 Å². The first kappa shape index (κ1) is 20.9. The monoisotopic (exact) mass is 470 g/mol. The van der Waals surface area contributed by atoms with Crippen molar-refractivity contribution < 1.29 is 4.79 Å². The van der Waals surface area contributed by atoms with Gasteiger partial charge in [0.05, 0.1) is 11.0 Å². The smallest absolute Gasteiger partial charge is 0.328 e. The maximum absolute atomic E-state index is 12.6. The second kappa shape index (κ2) is 8.78. The molecule has 1 fully saturated rings. The SMILES string of the molecule is Cn1c(=O)n(C)c2cc(C(=O)NCC3CCN(Cc4ccc(Br)cc4)CC3)ccc21. The second-order valence-corrected chi connectivity index (χ2v) is 9.08. The number of fused-ring (bicyclic) bond motifs is 1. The highest BCUT2D eigenvalue weighted by molar-refractivity contribution is 9.10. The van der Waals surface area contributed by atoms with Crippen molar-refractivity contribution in [2.45, 2.75) is 19.4 Å². The van der Waals surface area contributed by atoms with Gasteiger partial charge in [0.1, 0.15) is 0 Å². The Kier molecular flexibility index (Phi) is 6.11. The molecule has 1 aliphatic rings. The highest BCUT2D eigenvalue weighted by Gasteiger charge is 2.20. The van der Waals surface area contributed by atoms with Crippen LogP contribution in [0, 0.1) is 5.92 Å². The summed E-state index contributed by atoms with van der Waals surface area (Å²) >= 11 is 3.48. The molecule has 1 aromatic heterocycles. The fourth-order valence-electron chi connectivity index (χ4n) is 4.18. The van der Waals surface area contributed by atoms with Gasteiger partial charge in [-0.25, -0.2) is 4.79 Å². The molecule has 1 aliphatic heterocycles. The minimum atomic E-state index is -0.0857. The molecule has 1 N–H and O–H groups in total. The maximum Gasteiger partial charge on any atom is 0.328 e. The Balaban J connectivity index is 1.29. The molecule has 0 saturated carbocycles. The lowest BCUT2D eigenvalue weighted by atomic mass is 9.96. The number of halogens is 1. The van der Waals surface area contributed by atoms with E-state index in [-0.39, 0.29) is 11.6 Å². The summed E-state index contributed by atoms with van der Waals surface area (Å²) in [6.45, 7) is 3.77. The van der Waals surface area contributed by atoms with Gasteiger partial charge in [0.25, 0.3) is 5.91 Å². The second-order valence-electron chi connectivity index (χ2n) is 8.16. The zero-order valence-corrected chi connectivity index (χ0v) is 19.0. The van der Waals surface area contributed by atoms with Gasteiger partial charge < -0.3 is 5.32 Å². The summed E-state index contributed by atoms with van der Waals surface area (Å²) in [7, 11) is 3.47. The topological polar surface area (TPSA) is 59.3 Å². The van der Waals surface area contributed by atoms with Crippen LogP contribution in [-0.2, 0) is 20.6 Å². The number of hydrogen-bond donors (Lipinski definition) is 1. The molecule has 2 aromatic carbocycles. The molecule has 0 atom stereocenters. The standard InChI is InChI=1S/C23H27BrN4O2/c1-26-20-8-5-18(13-21(20)27(2)23(26)30)22(29)25-14-16-9-11-28(12-10-16)15-17-3-6-19(24)7-4-17/h3-8,13,16H,9-12,14-15H2,1-2H3,(H,25,29). The van der Waals surface area contributed by atoms with Gasteiger partial charge in [0, 0.05) is 37.2 Å². The molecule has 0 bridgehead atoms. The van der Waals surface area contributed by atoms with Crippen molar-refractivity contribution >= 4 is 32.9 Å². The summed E-state index contributed by atoms with van der Waals surface area (Å²) in [6, 6.07) is 13.9. The summed E-state index contributed by atoms with van der Waals surface area (Å²) in [5.74, 6) is 0.422. The molecule has 1 amide bonds. The minimum absolute atomic E-state index is 0.0782. The van der Waals surface area contributed by atoms with Crippen molar-refractivity contribution in [3.05, 3.63) is 68.5 Å². The Bertz CT molecular complexity index is 1110. The van der Waals surface area contributed by atoms with Crippen LogP contribution < -0.4 is 11.0 Å². The number of nitrogens with one attached hydrogen (secondary N) is 1. The number of piperidine rings is 1. The lowest BCUT2D eigenvalue weighted by Gasteiger charge is -2.32. The molecular formula is C23H27BrN4O2. The number of carbonyl (C=O) groups is 1. The van der Waals surface area contributed by atoms with E-state index in [1.807, 2.05) is 6.07 Å². The van der Waals surface area contributed by atoms with Gasteiger partial charge >= 0.3 is 5.69 Å². The minimum Gasteiger partial charge on any atom is -0.352 e. The fourth-order valence-corrected chi connectivity index (χ4v) is 4.45. The first-order valence-corrected chi connectivity index (χ1v) is 11.1. The van der Waals surface area contributed by atoms with E-state index in [0.717, 1.165) is 48.0 Å². The largest absolute Gasteiger partial charge is 0.352 e. The van der Waals surface area contributed by atoms with Gasteiger partial charge in [-0.3, -0.25) is 18.8 Å². The summed E-state index contributed by atoms with van der Waals surface area (Å²) in [5, 5.41) is 3.09. The zero-order valence-electron chi connectivity index (χ0n) is 17.4. The fraction of sp³-hybridized carbons (Fsp3) is 0.391. The van der Waals surface area contributed by atoms with E-state index in [2.05, 4.69) is 50.4 Å². The first-order valence-electron chi connectivity index (χ1n) is 10.3. The Morgan fingerprint density at radius 3 is 2.40 bits per heavy atom. The van der Waals surface area contributed by atoms with Gasteiger partial charge in [0.2, 0.25) is 0 Å². The summed E-state index contributed by atoms with van der Waals surface area (Å²) in [6.07, 6.45) is 2.17. The van der Waals surface area contributed by atoms with E-state index in [0.29, 0.717) is 18.0 Å². The molecule has 0 spiro atoms. The third-order valence-electron chi connectivity index (χ3n) is 6.11. The number of aryl methyl sites for hydroxylation is 2. The Hall–Kier alpha value is -2.38. The Labute approximate surface area is 184 Å². The number of amides is 1. The van der Waals surface area contributed by atoms with Crippen molar-refractivity contribution in [2.75, 3.05) is 19.6 Å². The number of carbonyl (C=O) groups excluding carboxylic acids is 1. The number of benzene rings is 2. The molecule has 1 saturated heterocycles. The van der Waals surface area contributed by atoms with Gasteiger partial charge in [-0.15, -0.1) is 0 Å². The maximum atomic E-state index is 12.6. The van der Waals surface area contributed by atoms with Crippen LogP contribution in [0.25, 0.3) is 11.0 Å². The van der Waals surface area contributed by atoms with Crippen LogP contribution in [0.4, 0.5) is 0 Å². The van der Waals surface area contributed by atoms with Crippen LogP contribution in [0.5, 0.6) is 0 Å². The lowest BCUT2D eigenvalue weighted by Crippen LogP contribution is -2.38. The molecule has 158 valence electrons. The molecule has 0 unspecified atom stereocenters. The summed E-state index contributed by atoms with van der Waals surface area (Å²) < 4.78 is 4.28. The van der Waals surface area contributed by atoms with Crippen molar-refractivity contribution in [2.24, 2.45) is 20.0 Å². The van der Waals surface area contributed by atoms with Gasteiger partial charge in [0.15, 0.2) is 0 Å². The summed E-state index contributed by atoms with van der Waals surface area (Å²) in [4.78, 5) is 27.2. The van der Waals surface area contributed by atoms with E-state index in [9.17, 15) is 9.59 Å². The Morgan fingerprint density at radius 2 is 1.70 bits per heavy atom. The summed E-state index contributed by atoms with van der Waals surface area (Å²) in [5.41, 5.74) is 3.44. The molecule has 6 nitrogen and oxygen atoms in total. The van der Waals surface area contributed by atoms with Crippen LogP contribution in [0.15, 0.2) is 51.7 Å². The van der Waals surface area contributed by atoms with Crippen LogP contribution in [0.1, 0.15) is 28.8 Å². The van der Waals surface area contributed by atoms with E-state index < -0.39 is 0 Å². The van der Waals surface area contributed by atoms with Gasteiger partial charge in [-0.1, -0.05) is 28.1 Å². The molecule has 2 heterocycles. The molecule has 0 aliphatic carbocycles. The van der Waals surface area contributed by atoms with E-state index >= 15 is 0 Å². The normalized spacial score (nSPS) is 15.6. The van der Waals surface area contributed by atoms with E-state index in [1.54, 1.807) is 35.4 Å².